The molecule has 0 aromatic carbocycles. The van der Waals surface area contributed by atoms with E-state index >= 15 is 0 Å². The van der Waals surface area contributed by atoms with Crippen LogP contribution in [0.2, 0.25) is 0 Å². The molecule has 0 radical (unpaired) electrons. The maximum Gasteiger partial charge on any atom is 0.407 e. The van der Waals surface area contributed by atoms with Crippen molar-refractivity contribution >= 4 is 29.5 Å². The second-order valence-electron chi connectivity index (χ2n) is 8.71. The summed E-state index contributed by atoms with van der Waals surface area (Å²) in [7, 11) is 0. The standard InChI is InChI=1S/C22H31N7O4/c1-5-32-19(30)17-18(24-14-9-8-12-23-13-14)27-20(29-28-17)25-15-10-6-7-11-16(15)26-21(31)33-22(2,3)4/h8-9,12-13,15-16H,5-7,10-11H2,1-4H3,(H,26,31)(H2,24,25,27,29)/t15-,16+/m1/s1. The van der Waals surface area contributed by atoms with Gasteiger partial charge in [-0.2, -0.15) is 4.98 Å². The Morgan fingerprint density at radius 1 is 1.15 bits per heavy atom. The molecule has 2 heterocycles. The van der Waals surface area contributed by atoms with E-state index in [0.717, 1.165) is 25.7 Å². The van der Waals surface area contributed by atoms with Crippen LogP contribution in [0, 0.1) is 0 Å². The lowest BCUT2D eigenvalue weighted by Gasteiger charge is -2.33. The van der Waals surface area contributed by atoms with Crippen molar-refractivity contribution in [3.05, 3.63) is 30.2 Å². The molecule has 1 saturated carbocycles. The van der Waals surface area contributed by atoms with Crippen LogP contribution < -0.4 is 16.0 Å². The van der Waals surface area contributed by atoms with Crippen LogP contribution >= 0.6 is 0 Å². The summed E-state index contributed by atoms with van der Waals surface area (Å²) in [5, 5.41) is 17.4. The van der Waals surface area contributed by atoms with Gasteiger partial charge < -0.3 is 25.4 Å². The molecule has 1 aliphatic carbocycles. The zero-order chi connectivity index (χ0) is 23.8. The van der Waals surface area contributed by atoms with Crippen molar-refractivity contribution in [1.82, 2.24) is 25.5 Å². The number of carbonyl (C=O) groups is 2. The minimum atomic E-state index is -0.627. The summed E-state index contributed by atoms with van der Waals surface area (Å²) in [6.45, 7) is 7.39. The van der Waals surface area contributed by atoms with Crippen molar-refractivity contribution in [3.63, 3.8) is 0 Å². The van der Waals surface area contributed by atoms with Crippen molar-refractivity contribution < 1.29 is 19.1 Å². The Labute approximate surface area is 193 Å². The van der Waals surface area contributed by atoms with E-state index in [4.69, 9.17) is 9.47 Å². The number of anilines is 3. The van der Waals surface area contributed by atoms with Crippen molar-refractivity contribution in [2.45, 2.75) is 71.1 Å². The summed E-state index contributed by atoms with van der Waals surface area (Å²) < 4.78 is 10.5. The number of pyridine rings is 1. The quantitative estimate of drug-likeness (QED) is 0.530. The summed E-state index contributed by atoms with van der Waals surface area (Å²) in [6, 6.07) is 3.28. The minimum absolute atomic E-state index is 0.0293. The molecule has 0 spiro atoms. The molecule has 178 valence electrons. The SMILES string of the molecule is CCOC(=O)c1nnc(N[C@@H]2CCCC[C@@H]2NC(=O)OC(C)(C)C)nc1Nc1cccnc1. The molecule has 0 aliphatic heterocycles. The maximum atomic E-state index is 12.3. The number of esters is 1. The first-order chi connectivity index (χ1) is 15.7. The first-order valence-corrected chi connectivity index (χ1v) is 11.1. The van der Waals surface area contributed by atoms with Crippen LogP contribution in [0.25, 0.3) is 0 Å². The summed E-state index contributed by atoms with van der Waals surface area (Å²) >= 11 is 0. The molecule has 2 aromatic rings. The fourth-order valence-corrected chi connectivity index (χ4v) is 3.49. The number of aromatic nitrogens is 4. The lowest BCUT2D eigenvalue weighted by molar-refractivity contribution is 0.0484. The molecule has 1 fully saturated rings. The van der Waals surface area contributed by atoms with Gasteiger partial charge in [0.25, 0.3) is 0 Å². The summed E-state index contributed by atoms with van der Waals surface area (Å²) in [5.41, 5.74) is 0.0276. The zero-order valence-corrected chi connectivity index (χ0v) is 19.4. The van der Waals surface area contributed by atoms with Gasteiger partial charge in [-0.25, -0.2) is 9.59 Å². The molecular formula is C22H31N7O4. The number of nitrogens with one attached hydrogen (secondary N) is 3. The van der Waals surface area contributed by atoms with Gasteiger partial charge in [0.05, 0.1) is 24.5 Å². The molecular weight excluding hydrogens is 426 g/mol. The number of alkyl carbamates (subject to hydrolysis) is 1. The third-order valence-electron chi connectivity index (χ3n) is 4.86. The highest BCUT2D eigenvalue weighted by molar-refractivity contribution is 5.93. The molecule has 0 bridgehead atoms. The second-order valence-corrected chi connectivity index (χ2v) is 8.71. The van der Waals surface area contributed by atoms with Crippen LogP contribution in [-0.2, 0) is 9.47 Å². The van der Waals surface area contributed by atoms with Gasteiger partial charge >= 0.3 is 12.1 Å². The summed E-state index contributed by atoms with van der Waals surface area (Å²) in [4.78, 5) is 33.2. The lowest BCUT2D eigenvalue weighted by Crippen LogP contribution is -2.50. The number of hydrogen-bond donors (Lipinski definition) is 3. The molecule has 1 amide bonds. The second kappa shape index (κ2) is 10.9. The normalized spacial score (nSPS) is 18.2. The third-order valence-corrected chi connectivity index (χ3v) is 4.86. The van der Waals surface area contributed by atoms with E-state index in [9.17, 15) is 9.59 Å². The fraction of sp³-hybridized carbons (Fsp3) is 0.545. The highest BCUT2D eigenvalue weighted by Gasteiger charge is 2.29. The molecule has 0 saturated heterocycles. The van der Waals surface area contributed by atoms with Crippen molar-refractivity contribution in [2.75, 3.05) is 17.2 Å². The molecule has 2 aromatic heterocycles. The number of carbonyl (C=O) groups excluding carboxylic acids is 2. The van der Waals surface area contributed by atoms with Gasteiger partial charge in [0, 0.05) is 12.2 Å². The maximum absolute atomic E-state index is 12.3. The van der Waals surface area contributed by atoms with Crippen LogP contribution in [0.3, 0.4) is 0 Å². The molecule has 0 unspecified atom stereocenters. The Bertz CT molecular complexity index is 950. The minimum Gasteiger partial charge on any atom is -0.461 e. The highest BCUT2D eigenvalue weighted by atomic mass is 16.6. The van der Waals surface area contributed by atoms with Crippen LogP contribution in [-0.4, -0.2) is 56.5 Å². The number of rotatable bonds is 7. The van der Waals surface area contributed by atoms with Crippen LogP contribution in [0.5, 0.6) is 0 Å². The van der Waals surface area contributed by atoms with Gasteiger partial charge in [-0.3, -0.25) is 4.98 Å². The lowest BCUT2D eigenvalue weighted by atomic mass is 9.90. The van der Waals surface area contributed by atoms with E-state index in [0.29, 0.717) is 5.69 Å². The molecule has 1 aliphatic rings. The third kappa shape index (κ3) is 7.26. The van der Waals surface area contributed by atoms with E-state index in [1.165, 1.54) is 0 Å². The number of nitrogens with zero attached hydrogens (tertiary/aromatic N) is 4. The van der Waals surface area contributed by atoms with E-state index < -0.39 is 17.7 Å². The van der Waals surface area contributed by atoms with Crippen LogP contribution in [0.1, 0.15) is 63.9 Å². The predicted molar refractivity (Wildman–Crippen MR) is 122 cm³/mol. The molecule has 2 atom stereocenters. The summed E-state index contributed by atoms with van der Waals surface area (Å²) in [5.74, 6) is -0.193. The van der Waals surface area contributed by atoms with Crippen molar-refractivity contribution in [2.24, 2.45) is 0 Å². The van der Waals surface area contributed by atoms with Crippen LogP contribution in [0.4, 0.5) is 22.2 Å². The molecule has 33 heavy (non-hydrogen) atoms. The molecule has 3 rings (SSSR count). The monoisotopic (exact) mass is 457 g/mol. The van der Waals surface area contributed by atoms with E-state index in [2.05, 4.69) is 36.1 Å². The smallest absolute Gasteiger partial charge is 0.407 e. The van der Waals surface area contributed by atoms with E-state index in [1.807, 2.05) is 20.8 Å². The van der Waals surface area contributed by atoms with Crippen molar-refractivity contribution in [3.8, 4) is 0 Å². The van der Waals surface area contributed by atoms with E-state index in [1.54, 1.807) is 31.5 Å². The number of hydrogen-bond acceptors (Lipinski definition) is 10. The molecule has 3 N–H and O–H groups in total. The molecule has 11 heteroatoms. The molecule has 11 nitrogen and oxygen atoms in total. The van der Waals surface area contributed by atoms with Crippen molar-refractivity contribution in [1.29, 1.82) is 0 Å². The number of amides is 1. The average Bonchev–Trinajstić information content (AvgIpc) is 2.75. The van der Waals surface area contributed by atoms with E-state index in [-0.39, 0.29) is 36.2 Å². The first-order valence-electron chi connectivity index (χ1n) is 11.1. The Balaban J connectivity index is 1.78. The number of ether oxygens (including phenoxy) is 2. The largest absolute Gasteiger partial charge is 0.461 e. The topological polar surface area (TPSA) is 140 Å². The Hall–Kier alpha value is -3.50. The van der Waals surface area contributed by atoms with Gasteiger partial charge in [-0.15, -0.1) is 10.2 Å². The first kappa shape index (κ1) is 24.1. The average molecular weight is 458 g/mol. The summed E-state index contributed by atoms with van der Waals surface area (Å²) in [6.07, 6.45) is 6.39. The zero-order valence-electron chi connectivity index (χ0n) is 19.4. The van der Waals surface area contributed by atoms with Gasteiger partial charge in [-0.05, 0) is 52.7 Å². The van der Waals surface area contributed by atoms with Crippen LogP contribution in [0.15, 0.2) is 24.5 Å². The van der Waals surface area contributed by atoms with Gasteiger partial charge in [0.15, 0.2) is 5.82 Å². The predicted octanol–water partition coefficient (Wildman–Crippen LogP) is 3.43. The van der Waals surface area contributed by atoms with Gasteiger partial charge in [-0.1, -0.05) is 12.8 Å². The fourth-order valence-electron chi connectivity index (χ4n) is 3.49. The Morgan fingerprint density at radius 3 is 2.58 bits per heavy atom. The Kier molecular flexibility index (Phi) is 7.96. The van der Waals surface area contributed by atoms with Gasteiger partial charge in [0.1, 0.15) is 5.60 Å². The van der Waals surface area contributed by atoms with Gasteiger partial charge in [0.2, 0.25) is 11.6 Å². The highest BCUT2D eigenvalue weighted by Crippen LogP contribution is 2.24. The Morgan fingerprint density at radius 2 is 1.91 bits per heavy atom.